The van der Waals surface area contributed by atoms with E-state index in [9.17, 15) is 0 Å². The van der Waals surface area contributed by atoms with E-state index >= 15 is 0 Å². The number of hydrogen-bond acceptors (Lipinski definition) is 2. The Hall–Kier alpha value is -0.860. The molecular formula is C13H20O2. The molecule has 1 aromatic rings. The Morgan fingerprint density at radius 3 is 2.60 bits per heavy atom. The van der Waals surface area contributed by atoms with Crippen molar-refractivity contribution in [3.05, 3.63) is 35.9 Å². The molecule has 0 spiro atoms. The second-order valence-electron chi connectivity index (χ2n) is 3.78. The molecule has 15 heavy (non-hydrogen) atoms. The van der Waals surface area contributed by atoms with Crippen LogP contribution < -0.4 is 0 Å². The second-order valence-corrected chi connectivity index (χ2v) is 3.78. The molecule has 0 heterocycles. The van der Waals surface area contributed by atoms with E-state index < -0.39 is 0 Å². The van der Waals surface area contributed by atoms with Crippen molar-refractivity contribution in [2.24, 2.45) is 5.92 Å². The van der Waals surface area contributed by atoms with E-state index in [1.165, 1.54) is 5.56 Å². The number of aliphatic hydroxyl groups excluding tert-OH is 1. The van der Waals surface area contributed by atoms with Crippen LogP contribution in [-0.4, -0.2) is 18.3 Å². The largest absolute Gasteiger partial charge is 0.396 e. The van der Waals surface area contributed by atoms with Gasteiger partial charge in [0.15, 0.2) is 0 Å². The van der Waals surface area contributed by atoms with E-state index in [1.807, 2.05) is 18.2 Å². The zero-order valence-electron chi connectivity index (χ0n) is 9.36. The first-order chi connectivity index (χ1) is 7.36. The van der Waals surface area contributed by atoms with Gasteiger partial charge in [0.1, 0.15) is 0 Å². The molecule has 2 nitrogen and oxygen atoms in total. The molecule has 0 radical (unpaired) electrons. The number of rotatable bonds is 7. The summed E-state index contributed by atoms with van der Waals surface area (Å²) in [6, 6.07) is 10.2. The summed E-state index contributed by atoms with van der Waals surface area (Å²) >= 11 is 0. The van der Waals surface area contributed by atoms with Crippen molar-refractivity contribution in [3.63, 3.8) is 0 Å². The Morgan fingerprint density at radius 2 is 2.00 bits per heavy atom. The van der Waals surface area contributed by atoms with Crippen molar-refractivity contribution >= 4 is 0 Å². The van der Waals surface area contributed by atoms with Crippen molar-refractivity contribution in [1.29, 1.82) is 0 Å². The summed E-state index contributed by atoms with van der Waals surface area (Å²) in [5.41, 5.74) is 1.20. The maximum atomic E-state index is 8.99. The van der Waals surface area contributed by atoms with Gasteiger partial charge in [0, 0.05) is 13.2 Å². The summed E-state index contributed by atoms with van der Waals surface area (Å²) in [7, 11) is 0. The van der Waals surface area contributed by atoms with E-state index in [0.717, 1.165) is 19.4 Å². The molecule has 0 aliphatic heterocycles. The Kier molecular flexibility index (Phi) is 6.05. The molecule has 0 bridgehead atoms. The topological polar surface area (TPSA) is 29.5 Å². The molecule has 2 heteroatoms. The minimum Gasteiger partial charge on any atom is -0.396 e. The predicted octanol–water partition coefficient (Wildman–Crippen LogP) is 2.61. The van der Waals surface area contributed by atoms with Gasteiger partial charge < -0.3 is 9.84 Å². The van der Waals surface area contributed by atoms with Crippen molar-refractivity contribution in [1.82, 2.24) is 0 Å². The fourth-order valence-electron chi connectivity index (χ4n) is 1.44. The molecule has 1 unspecified atom stereocenters. The van der Waals surface area contributed by atoms with Crippen LogP contribution in [0.15, 0.2) is 30.3 Å². The third kappa shape index (κ3) is 4.96. The maximum absolute atomic E-state index is 8.99. The van der Waals surface area contributed by atoms with Crippen LogP contribution in [0.2, 0.25) is 0 Å². The van der Waals surface area contributed by atoms with E-state index in [4.69, 9.17) is 9.84 Å². The normalized spacial score (nSPS) is 12.7. The third-order valence-corrected chi connectivity index (χ3v) is 2.62. The molecule has 0 amide bonds. The summed E-state index contributed by atoms with van der Waals surface area (Å²) < 4.78 is 5.54. The lowest BCUT2D eigenvalue weighted by Gasteiger charge is -2.11. The lowest BCUT2D eigenvalue weighted by molar-refractivity contribution is 0.0943. The molecule has 0 aliphatic carbocycles. The molecule has 0 fully saturated rings. The molecule has 1 atom stereocenters. The summed E-state index contributed by atoms with van der Waals surface area (Å²) in [4.78, 5) is 0. The Labute approximate surface area is 91.9 Å². The molecule has 84 valence electrons. The molecule has 0 aliphatic rings. The van der Waals surface area contributed by atoms with Gasteiger partial charge in [0.25, 0.3) is 0 Å². The molecule has 0 saturated carbocycles. The van der Waals surface area contributed by atoms with Crippen LogP contribution in [0, 0.1) is 5.92 Å². The van der Waals surface area contributed by atoms with Crippen LogP contribution in [-0.2, 0) is 11.3 Å². The Balaban J connectivity index is 2.12. The van der Waals surface area contributed by atoms with Crippen molar-refractivity contribution in [2.75, 3.05) is 13.2 Å². The van der Waals surface area contributed by atoms with Crippen LogP contribution in [0.1, 0.15) is 25.3 Å². The van der Waals surface area contributed by atoms with Crippen molar-refractivity contribution in [3.8, 4) is 0 Å². The average molecular weight is 208 g/mol. The number of benzene rings is 1. The quantitative estimate of drug-likeness (QED) is 0.698. The number of ether oxygens (including phenoxy) is 1. The lowest BCUT2D eigenvalue weighted by Crippen LogP contribution is -2.08. The van der Waals surface area contributed by atoms with Crippen LogP contribution in [0.5, 0.6) is 0 Å². The lowest BCUT2D eigenvalue weighted by atomic mass is 10.0. The average Bonchev–Trinajstić information content (AvgIpc) is 2.31. The molecule has 0 saturated heterocycles. The SMILES string of the molecule is CCC(CO)CCOCc1ccccc1. The zero-order chi connectivity index (χ0) is 10.9. The standard InChI is InChI=1S/C13H20O2/c1-2-12(10-14)8-9-15-11-13-6-4-3-5-7-13/h3-7,12,14H,2,8-11H2,1H3. The number of hydrogen-bond donors (Lipinski definition) is 1. The van der Waals surface area contributed by atoms with E-state index in [0.29, 0.717) is 12.5 Å². The van der Waals surface area contributed by atoms with Gasteiger partial charge in [-0.1, -0.05) is 43.7 Å². The van der Waals surface area contributed by atoms with Gasteiger partial charge in [-0.3, -0.25) is 0 Å². The minimum atomic E-state index is 0.269. The fraction of sp³-hybridized carbons (Fsp3) is 0.538. The van der Waals surface area contributed by atoms with Gasteiger partial charge in [-0.25, -0.2) is 0 Å². The van der Waals surface area contributed by atoms with E-state index in [-0.39, 0.29) is 6.61 Å². The second kappa shape index (κ2) is 7.43. The van der Waals surface area contributed by atoms with Gasteiger partial charge in [-0.05, 0) is 17.9 Å². The first kappa shape index (κ1) is 12.2. The summed E-state index contributed by atoms with van der Waals surface area (Å²) in [5, 5.41) is 8.99. The van der Waals surface area contributed by atoms with Gasteiger partial charge in [-0.2, -0.15) is 0 Å². The monoisotopic (exact) mass is 208 g/mol. The molecule has 1 N–H and O–H groups in total. The van der Waals surface area contributed by atoms with Gasteiger partial charge in [0.2, 0.25) is 0 Å². The molecule has 0 aromatic heterocycles. The van der Waals surface area contributed by atoms with Crippen molar-refractivity contribution in [2.45, 2.75) is 26.4 Å². The van der Waals surface area contributed by atoms with Crippen LogP contribution in [0.25, 0.3) is 0 Å². The third-order valence-electron chi connectivity index (χ3n) is 2.62. The first-order valence-corrected chi connectivity index (χ1v) is 5.59. The maximum Gasteiger partial charge on any atom is 0.0716 e. The van der Waals surface area contributed by atoms with Crippen LogP contribution in [0.4, 0.5) is 0 Å². The predicted molar refractivity (Wildman–Crippen MR) is 61.6 cm³/mol. The highest BCUT2D eigenvalue weighted by Crippen LogP contribution is 2.08. The fourth-order valence-corrected chi connectivity index (χ4v) is 1.44. The summed E-state index contributed by atoms with van der Waals surface area (Å²) in [6.07, 6.45) is 1.96. The van der Waals surface area contributed by atoms with Crippen LogP contribution in [0.3, 0.4) is 0 Å². The smallest absolute Gasteiger partial charge is 0.0716 e. The van der Waals surface area contributed by atoms with Gasteiger partial charge >= 0.3 is 0 Å². The highest BCUT2D eigenvalue weighted by molar-refractivity contribution is 5.13. The number of aliphatic hydroxyl groups is 1. The molecular weight excluding hydrogens is 188 g/mol. The minimum absolute atomic E-state index is 0.269. The molecule has 1 rings (SSSR count). The zero-order valence-corrected chi connectivity index (χ0v) is 9.36. The van der Waals surface area contributed by atoms with Gasteiger partial charge in [-0.15, -0.1) is 0 Å². The Morgan fingerprint density at radius 1 is 1.27 bits per heavy atom. The highest BCUT2D eigenvalue weighted by atomic mass is 16.5. The van der Waals surface area contributed by atoms with E-state index in [2.05, 4.69) is 19.1 Å². The van der Waals surface area contributed by atoms with E-state index in [1.54, 1.807) is 0 Å². The highest BCUT2D eigenvalue weighted by Gasteiger charge is 2.03. The Bertz CT molecular complexity index is 242. The van der Waals surface area contributed by atoms with Crippen molar-refractivity contribution < 1.29 is 9.84 Å². The van der Waals surface area contributed by atoms with Crippen LogP contribution >= 0.6 is 0 Å². The summed E-state index contributed by atoms with van der Waals surface area (Å²) in [5.74, 6) is 0.390. The summed E-state index contributed by atoms with van der Waals surface area (Å²) in [6.45, 7) is 3.76. The molecule has 1 aromatic carbocycles. The first-order valence-electron chi connectivity index (χ1n) is 5.59. The van der Waals surface area contributed by atoms with Gasteiger partial charge in [0.05, 0.1) is 6.61 Å².